The summed E-state index contributed by atoms with van der Waals surface area (Å²) in [7, 11) is 0. The maximum atomic E-state index is 4.55. The molecule has 102 valence electrons. The number of hydrogen-bond acceptors (Lipinski definition) is 2. The quantitative estimate of drug-likeness (QED) is 0.780. The molecular weight excluding hydrogens is 234 g/mol. The van der Waals surface area contributed by atoms with Crippen LogP contribution in [0.5, 0.6) is 0 Å². The molecule has 0 amide bonds. The predicted molar refractivity (Wildman–Crippen MR) is 83.6 cm³/mol. The highest BCUT2D eigenvalue weighted by molar-refractivity contribution is 5.92. The fraction of sp³-hybridized carbons (Fsp3) is 0.500. The van der Waals surface area contributed by atoms with Gasteiger partial charge in [0, 0.05) is 30.7 Å². The van der Waals surface area contributed by atoms with Crippen LogP contribution in [0.1, 0.15) is 45.6 Å². The molecule has 2 heterocycles. The summed E-state index contributed by atoms with van der Waals surface area (Å²) in [6, 6.07) is 2.11. The van der Waals surface area contributed by atoms with E-state index in [1.807, 2.05) is 18.6 Å². The Labute approximate surface area is 115 Å². The molecular formula is C16H23N3. The molecule has 0 bridgehead atoms. The van der Waals surface area contributed by atoms with Gasteiger partial charge in [-0.25, -0.2) is 4.99 Å². The van der Waals surface area contributed by atoms with Gasteiger partial charge in [-0.2, -0.15) is 0 Å². The number of H-pyrrole nitrogens is 1. The van der Waals surface area contributed by atoms with Crippen molar-refractivity contribution in [3.8, 4) is 0 Å². The highest BCUT2D eigenvalue weighted by Gasteiger charge is 2.10. The van der Waals surface area contributed by atoms with Crippen LogP contribution in [0.3, 0.4) is 0 Å². The Morgan fingerprint density at radius 2 is 2.26 bits per heavy atom. The van der Waals surface area contributed by atoms with Crippen LogP contribution in [0.15, 0.2) is 27.8 Å². The van der Waals surface area contributed by atoms with E-state index in [2.05, 4.69) is 41.8 Å². The second-order valence-electron chi connectivity index (χ2n) is 5.40. The van der Waals surface area contributed by atoms with Crippen molar-refractivity contribution in [1.29, 1.82) is 0 Å². The molecule has 1 aromatic heterocycles. The SMILES string of the molecule is C/C(=C1/C=NCCCC1)c1cc[nH]c1N=CC(C)C. The predicted octanol–water partition coefficient (Wildman–Crippen LogP) is 4.40. The molecule has 3 heteroatoms. The monoisotopic (exact) mass is 257 g/mol. The van der Waals surface area contributed by atoms with Gasteiger partial charge in [0.15, 0.2) is 0 Å². The molecule has 19 heavy (non-hydrogen) atoms. The number of hydrogen-bond donors (Lipinski definition) is 1. The second-order valence-corrected chi connectivity index (χ2v) is 5.40. The number of rotatable bonds is 3. The first-order valence-electron chi connectivity index (χ1n) is 7.10. The van der Waals surface area contributed by atoms with Crippen molar-refractivity contribution < 1.29 is 0 Å². The van der Waals surface area contributed by atoms with E-state index in [1.54, 1.807) is 0 Å². The summed E-state index contributed by atoms with van der Waals surface area (Å²) in [5.74, 6) is 1.42. The van der Waals surface area contributed by atoms with E-state index in [0.29, 0.717) is 5.92 Å². The molecule has 0 saturated heterocycles. The molecule has 0 atom stereocenters. The zero-order chi connectivity index (χ0) is 13.7. The Kier molecular flexibility index (Phi) is 4.72. The van der Waals surface area contributed by atoms with Gasteiger partial charge >= 0.3 is 0 Å². The van der Waals surface area contributed by atoms with Crippen LogP contribution < -0.4 is 0 Å². The van der Waals surface area contributed by atoms with Crippen LogP contribution in [0.2, 0.25) is 0 Å². The molecule has 2 rings (SSSR count). The maximum absolute atomic E-state index is 4.55. The summed E-state index contributed by atoms with van der Waals surface area (Å²) in [6.07, 6.45) is 9.52. The minimum atomic E-state index is 0.462. The first-order chi connectivity index (χ1) is 9.18. The molecule has 1 aliphatic heterocycles. The number of aromatic amines is 1. The third-order valence-corrected chi connectivity index (χ3v) is 3.34. The molecule has 1 N–H and O–H groups in total. The topological polar surface area (TPSA) is 40.5 Å². The zero-order valence-corrected chi connectivity index (χ0v) is 12.1. The van der Waals surface area contributed by atoms with Gasteiger partial charge < -0.3 is 4.98 Å². The minimum Gasteiger partial charge on any atom is -0.346 e. The average molecular weight is 257 g/mol. The molecule has 1 aliphatic rings. The first kappa shape index (κ1) is 13.8. The van der Waals surface area contributed by atoms with E-state index >= 15 is 0 Å². The smallest absolute Gasteiger partial charge is 0.137 e. The van der Waals surface area contributed by atoms with Crippen LogP contribution in [-0.2, 0) is 0 Å². The molecule has 0 spiro atoms. The van der Waals surface area contributed by atoms with E-state index in [9.17, 15) is 0 Å². The van der Waals surface area contributed by atoms with Gasteiger partial charge in [0.2, 0.25) is 0 Å². The fourth-order valence-corrected chi connectivity index (χ4v) is 2.21. The standard InChI is InChI=1S/C16H23N3/c1-12(2)10-19-16-15(7-9-18-16)13(3)14-6-4-5-8-17-11-14/h7,9-12,18H,4-6,8H2,1-3H3/b14-13-,19-10?. The molecule has 0 unspecified atom stereocenters. The highest BCUT2D eigenvalue weighted by atomic mass is 14.9. The third kappa shape index (κ3) is 3.66. The van der Waals surface area contributed by atoms with Crippen LogP contribution in [0.4, 0.5) is 5.82 Å². The van der Waals surface area contributed by atoms with Crippen LogP contribution in [-0.4, -0.2) is 24.0 Å². The molecule has 0 aliphatic carbocycles. The second kappa shape index (κ2) is 6.50. The van der Waals surface area contributed by atoms with Crippen molar-refractivity contribution in [2.45, 2.75) is 40.0 Å². The first-order valence-corrected chi connectivity index (χ1v) is 7.10. The van der Waals surface area contributed by atoms with Gasteiger partial charge in [-0.15, -0.1) is 0 Å². The lowest BCUT2D eigenvalue weighted by Gasteiger charge is -2.06. The molecule has 0 fully saturated rings. The third-order valence-electron chi connectivity index (χ3n) is 3.34. The lowest BCUT2D eigenvalue weighted by atomic mass is 10.00. The van der Waals surface area contributed by atoms with Crippen molar-refractivity contribution in [3.05, 3.63) is 23.4 Å². The zero-order valence-electron chi connectivity index (χ0n) is 12.1. The van der Waals surface area contributed by atoms with Crippen molar-refractivity contribution >= 4 is 23.8 Å². The van der Waals surface area contributed by atoms with E-state index in [4.69, 9.17) is 0 Å². The number of aliphatic imine (C=N–C) groups is 2. The van der Waals surface area contributed by atoms with Gasteiger partial charge in [-0.05, 0) is 49.3 Å². The summed E-state index contributed by atoms with van der Waals surface area (Å²) < 4.78 is 0. The van der Waals surface area contributed by atoms with E-state index in [-0.39, 0.29) is 0 Å². The number of allylic oxidation sites excluding steroid dienone is 2. The highest BCUT2D eigenvalue weighted by Crippen LogP contribution is 2.29. The molecule has 1 aromatic rings. The summed E-state index contributed by atoms with van der Waals surface area (Å²) in [5.41, 5.74) is 3.83. The maximum Gasteiger partial charge on any atom is 0.137 e. The molecule has 0 radical (unpaired) electrons. The number of nitrogens with one attached hydrogen (secondary N) is 1. The van der Waals surface area contributed by atoms with Crippen LogP contribution in [0.25, 0.3) is 5.57 Å². The summed E-state index contributed by atoms with van der Waals surface area (Å²) in [6.45, 7) is 7.40. The lowest BCUT2D eigenvalue weighted by molar-refractivity contribution is 0.769. The fourth-order valence-electron chi connectivity index (χ4n) is 2.21. The Morgan fingerprint density at radius 3 is 3.05 bits per heavy atom. The van der Waals surface area contributed by atoms with Gasteiger partial charge in [0.1, 0.15) is 5.82 Å². The van der Waals surface area contributed by atoms with Gasteiger partial charge in [-0.1, -0.05) is 13.8 Å². The van der Waals surface area contributed by atoms with Crippen molar-refractivity contribution in [1.82, 2.24) is 4.98 Å². The van der Waals surface area contributed by atoms with Crippen LogP contribution >= 0.6 is 0 Å². The number of nitrogens with zero attached hydrogens (tertiary/aromatic N) is 2. The Bertz CT molecular complexity index is 504. The van der Waals surface area contributed by atoms with Crippen molar-refractivity contribution in [3.63, 3.8) is 0 Å². The van der Waals surface area contributed by atoms with Gasteiger partial charge in [0.25, 0.3) is 0 Å². The Hall–Kier alpha value is -1.64. The lowest BCUT2D eigenvalue weighted by Crippen LogP contribution is -1.91. The summed E-state index contributed by atoms with van der Waals surface area (Å²) in [4.78, 5) is 12.2. The normalized spacial score (nSPS) is 19.2. The Balaban J connectivity index is 2.30. The number of aromatic nitrogens is 1. The summed E-state index contributed by atoms with van der Waals surface area (Å²) >= 11 is 0. The summed E-state index contributed by atoms with van der Waals surface area (Å²) in [5, 5.41) is 0. The van der Waals surface area contributed by atoms with Crippen LogP contribution in [0, 0.1) is 5.92 Å². The van der Waals surface area contributed by atoms with E-state index in [0.717, 1.165) is 18.8 Å². The van der Waals surface area contributed by atoms with Gasteiger partial charge in [0.05, 0.1) is 0 Å². The Morgan fingerprint density at radius 1 is 1.42 bits per heavy atom. The van der Waals surface area contributed by atoms with Crippen molar-refractivity contribution in [2.75, 3.05) is 6.54 Å². The minimum absolute atomic E-state index is 0.462. The van der Waals surface area contributed by atoms with Gasteiger partial charge in [-0.3, -0.25) is 4.99 Å². The molecule has 0 aromatic carbocycles. The average Bonchev–Trinajstić information content (AvgIpc) is 2.68. The van der Waals surface area contributed by atoms with E-state index < -0.39 is 0 Å². The van der Waals surface area contributed by atoms with E-state index in [1.165, 1.54) is 29.6 Å². The largest absolute Gasteiger partial charge is 0.346 e. The molecule has 3 nitrogen and oxygen atoms in total. The van der Waals surface area contributed by atoms with Crippen molar-refractivity contribution in [2.24, 2.45) is 15.9 Å². The molecule has 0 saturated carbocycles.